The average molecular weight is 230 g/mol. The Bertz CT molecular complexity index is 186. The van der Waals surface area contributed by atoms with Gasteiger partial charge in [-0.05, 0) is 18.8 Å². The van der Waals surface area contributed by atoms with E-state index in [4.69, 9.17) is 14.2 Å². The Hall–Kier alpha value is -0.120. The number of hydrogen-bond donors (Lipinski definition) is 0. The zero-order valence-corrected chi connectivity index (χ0v) is 11.1. The first-order valence-corrected chi connectivity index (χ1v) is 6.23. The molecule has 16 heavy (non-hydrogen) atoms. The molecule has 1 fully saturated rings. The second-order valence-electron chi connectivity index (χ2n) is 5.08. The molecule has 0 saturated heterocycles. The fourth-order valence-corrected chi connectivity index (χ4v) is 3.09. The van der Waals surface area contributed by atoms with Gasteiger partial charge in [0.2, 0.25) is 0 Å². The topological polar surface area (TPSA) is 27.7 Å². The van der Waals surface area contributed by atoms with Gasteiger partial charge in [0.1, 0.15) is 0 Å². The van der Waals surface area contributed by atoms with E-state index in [-0.39, 0.29) is 11.7 Å². The van der Waals surface area contributed by atoms with Gasteiger partial charge in [-0.1, -0.05) is 26.2 Å². The van der Waals surface area contributed by atoms with Crippen molar-refractivity contribution in [1.82, 2.24) is 0 Å². The summed E-state index contributed by atoms with van der Waals surface area (Å²) in [6, 6.07) is 0. The van der Waals surface area contributed by atoms with E-state index in [2.05, 4.69) is 6.92 Å². The number of methoxy groups -OCH3 is 3. The van der Waals surface area contributed by atoms with Crippen molar-refractivity contribution in [2.45, 2.75) is 45.3 Å². The predicted molar refractivity (Wildman–Crippen MR) is 64.4 cm³/mol. The largest absolute Gasteiger partial charge is 0.384 e. The number of ether oxygens (including phenoxy) is 3. The summed E-state index contributed by atoms with van der Waals surface area (Å²) >= 11 is 0. The molecule has 0 aromatic rings. The molecule has 0 aliphatic heterocycles. The van der Waals surface area contributed by atoms with Crippen LogP contribution in [0.2, 0.25) is 0 Å². The average Bonchev–Trinajstić information content (AvgIpc) is 2.32. The van der Waals surface area contributed by atoms with Gasteiger partial charge in [0.15, 0.2) is 6.29 Å². The minimum atomic E-state index is -0.171. The number of rotatable bonds is 6. The van der Waals surface area contributed by atoms with Crippen LogP contribution in [0.15, 0.2) is 0 Å². The highest BCUT2D eigenvalue weighted by Crippen LogP contribution is 2.42. The molecule has 0 bridgehead atoms. The van der Waals surface area contributed by atoms with Crippen molar-refractivity contribution in [3.8, 4) is 0 Å². The van der Waals surface area contributed by atoms with E-state index in [1.54, 1.807) is 21.3 Å². The summed E-state index contributed by atoms with van der Waals surface area (Å²) in [5.41, 5.74) is -0.0291. The molecule has 3 heteroatoms. The summed E-state index contributed by atoms with van der Waals surface area (Å²) in [6.45, 7) is 2.92. The van der Waals surface area contributed by atoms with Crippen molar-refractivity contribution >= 4 is 0 Å². The van der Waals surface area contributed by atoms with Gasteiger partial charge < -0.3 is 14.2 Å². The Morgan fingerprint density at radius 2 is 1.62 bits per heavy atom. The predicted octanol–water partition coefficient (Wildman–Crippen LogP) is 2.84. The highest BCUT2D eigenvalue weighted by molar-refractivity contribution is 4.87. The Labute approximate surface area is 99.5 Å². The first-order valence-electron chi connectivity index (χ1n) is 6.23. The van der Waals surface area contributed by atoms with E-state index >= 15 is 0 Å². The molecular formula is C13H26O3. The van der Waals surface area contributed by atoms with E-state index in [1.165, 1.54) is 32.1 Å². The Morgan fingerprint density at radius 3 is 2.06 bits per heavy atom. The molecule has 0 heterocycles. The van der Waals surface area contributed by atoms with Gasteiger partial charge in [-0.2, -0.15) is 0 Å². The maximum absolute atomic E-state index is 5.47. The second-order valence-corrected chi connectivity index (χ2v) is 5.08. The first-order chi connectivity index (χ1) is 7.69. The van der Waals surface area contributed by atoms with Gasteiger partial charge >= 0.3 is 0 Å². The lowest BCUT2D eigenvalue weighted by atomic mass is 9.69. The van der Waals surface area contributed by atoms with E-state index in [0.717, 1.165) is 0 Å². The lowest BCUT2D eigenvalue weighted by Crippen LogP contribution is -2.45. The summed E-state index contributed by atoms with van der Waals surface area (Å²) in [5, 5.41) is 0. The fourth-order valence-electron chi connectivity index (χ4n) is 3.09. The van der Waals surface area contributed by atoms with Crippen LogP contribution < -0.4 is 0 Å². The van der Waals surface area contributed by atoms with E-state index in [1.807, 2.05) is 0 Å². The maximum atomic E-state index is 5.47. The van der Waals surface area contributed by atoms with Crippen molar-refractivity contribution in [1.29, 1.82) is 0 Å². The molecule has 0 amide bonds. The Balaban J connectivity index is 2.75. The molecule has 1 unspecified atom stereocenters. The van der Waals surface area contributed by atoms with Crippen LogP contribution in [0.25, 0.3) is 0 Å². The van der Waals surface area contributed by atoms with Crippen molar-refractivity contribution in [3.63, 3.8) is 0 Å². The summed E-state index contributed by atoms with van der Waals surface area (Å²) < 4.78 is 16.3. The van der Waals surface area contributed by atoms with Gasteiger partial charge in [0.25, 0.3) is 0 Å². The van der Waals surface area contributed by atoms with Crippen molar-refractivity contribution in [3.05, 3.63) is 0 Å². The SMILES string of the molecule is COCC(C)(C1CCCCC1)C(OC)OC. The van der Waals surface area contributed by atoms with Crippen molar-refractivity contribution < 1.29 is 14.2 Å². The minimum Gasteiger partial charge on any atom is -0.384 e. The normalized spacial score (nSPS) is 22.3. The summed E-state index contributed by atoms with van der Waals surface area (Å²) in [4.78, 5) is 0. The highest BCUT2D eigenvalue weighted by atomic mass is 16.7. The third-order valence-corrected chi connectivity index (χ3v) is 3.96. The standard InChI is InChI=1S/C13H26O3/c1-13(10-14-2,12(15-3)16-4)11-8-6-5-7-9-11/h11-12H,5-10H2,1-4H3. The van der Waals surface area contributed by atoms with E-state index in [9.17, 15) is 0 Å². The van der Waals surface area contributed by atoms with Crippen molar-refractivity contribution in [2.75, 3.05) is 27.9 Å². The van der Waals surface area contributed by atoms with Crippen LogP contribution in [0.5, 0.6) is 0 Å². The molecule has 0 aromatic heterocycles. The molecule has 1 saturated carbocycles. The van der Waals surface area contributed by atoms with Crippen LogP contribution in [0, 0.1) is 11.3 Å². The third-order valence-electron chi connectivity index (χ3n) is 3.96. The fraction of sp³-hybridized carbons (Fsp3) is 1.00. The third kappa shape index (κ3) is 2.96. The number of hydrogen-bond acceptors (Lipinski definition) is 3. The van der Waals surface area contributed by atoms with Gasteiger partial charge in [-0.3, -0.25) is 0 Å². The molecule has 0 spiro atoms. The van der Waals surface area contributed by atoms with Crippen LogP contribution in [0.1, 0.15) is 39.0 Å². The minimum absolute atomic E-state index is 0.0291. The molecule has 0 radical (unpaired) electrons. The van der Waals surface area contributed by atoms with Gasteiger partial charge in [0, 0.05) is 26.7 Å². The van der Waals surface area contributed by atoms with Crippen LogP contribution in [0.3, 0.4) is 0 Å². The molecule has 1 aliphatic rings. The Kier molecular flexibility index (Phi) is 5.73. The molecule has 96 valence electrons. The van der Waals surface area contributed by atoms with Gasteiger partial charge in [-0.25, -0.2) is 0 Å². The van der Waals surface area contributed by atoms with Crippen LogP contribution >= 0.6 is 0 Å². The van der Waals surface area contributed by atoms with Gasteiger partial charge in [0.05, 0.1) is 6.61 Å². The zero-order valence-electron chi connectivity index (χ0n) is 11.1. The Morgan fingerprint density at radius 1 is 1.06 bits per heavy atom. The molecule has 0 N–H and O–H groups in total. The zero-order chi connectivity index (χ0) is 12.0. The molecule has 3 nitrogen and oxygen atoms in total. The molecular weight excluding hydrogens is 204 g/mol. The van der Waals surface area contributed by atoms with Crippen LogP contribution in [-0.2, 0) is 14.2 Å². The first kappa shape index (κ1) is 13.9. The van der Waals surface area contributed by atoms with E-state index in [0.29, 0.717) is 12.5 Å². The van der Waals surface area contributed by atoms with Crippen LogP contribution in [0.4, 0.5) is 0 Å². The smallest absolute Gasteiger partial charge is 0.164 e. The van der Waals surface area contributed by atoms with E-state index < -0.39 is 0 Å². The molecule has 1 rings (SSSR count). The summed E-state index contributed by atoms with van der Waals surface area (Å²) in [7, 11) is 5.18. The van der Waals surface area contributed by atoms with Crippen molar-refractivity contribution in [2.24, 2.45) is 11.3 Å². The highest BCUT2D eigenvalue weighted by Gasteiger charge is 2.42. The lowest BCUT2D eigenvalue weighted by Gasteiger charge is -2.43. The molecule has 0 aromatic carbocycles. The maximum Gasteiger partial charge on any atom is 0.164 e. The molecule has 1 aliphatic carbocycles. The summed E-state index contributed by atoms with van der Waals surface area (Å²) in [5.74, 6) is 0.645. The van der Waals surface area contributed by atoms with Crippen LogP contribution in [-0.4, -0.2) is 34.2 Å². The molecule has 1 atom stereocenters. The van der Waals surface area contributed by atoms with Gasteiger partial charge in [-0.15, -0.1) is 0 Å². The second kappa shape index (κ2) is 6.58. The monoisotopic (exact) mass is 230 g/mol. The lowest BCUT2D eigenvalue weighted by molar-refractivity contribution is -0.208. The quantitative estimate of drug-likeness (QED) is 0.657. The summed E-state index contributed by atoms with van der Waals surface area (Å²) in [6.07, 6.45) is 6.38.